The molecule has 0 bridgehead atoms. The summed E-state index contributed by atoms with van der Waals surface area (Å²) in [5.41, 5.74) is 2.64. The fourth-order valence-corrected chi connectivity index (χ4v) is 3.03. The van der Waals surface area contributed by atoms with Crippen LogP contribution >= 0.6 is 11.8 Å². The highest BCUT2D eigenvalue weighted by Crippen LogP contribution is 2.19. The molecule has 1 N–H and O–H groups in total. The van der Waals surface area contributed by atoms with Crippen molar-refractivity contribution in [1.29, 1.82) is 0 Å². The number of hydrogen-bond acceptors (Lipinski definition) is 5. The second-order valence-corrected chi connectivity index (χ2v) is 6.18. The number of aryl methyl sites for hydroxylation is 1. The van der Waals surface area contributed by atoms with Crippen molar-refractivity contribution in [1.82, 2.24) is 10.2 Å². The monoisotopic (exact) mass is 321 g/mol. The molecule has 0 unspecified atom stereocenters. The van der Waals surface area contributed by atoms with Crippen LogP contribution in [0.5, 0.6) is 0 Å². The molecular formula is C15H19N3O3S. The third kappa shape index (κ3) is 3.59. The smallest absolute Gasteiger partial charge is 0.288 e. The fraction of sp³-hybridized carbons (Fsp3) is 0.400. The molecule has 118 valence electrons. The highest BCUT2D eigenvalue weighted by molar-refractivity contribution is 8.14. The van der Waals surface area contributed by atoms with Crippen LogP contribution in [-0.4, -0.2) is 54.9 Å². The molecule has 1 fully saturated rings. The molecule has 0 radical (unpaired) electrons. The first kappa shape index (κ1) is 16.4. The van der Waals surface area contributed by atoms with Crippen molar-refractivity contribution in [3.8, 4) is 0 Å². The minimum absolute atomic E-state index is 0.192. The lowest BCUT2D eigenvalue weighted by atomic mass is 10.1. The van der Waals surface area contributed by atoms with E-state index in [1.807, 2.05) is 38.1 Å². The fourth-order valence-electron chi connectivity index (χ4n) is 2.28. The predicted octanol–water partition coefficient (Wildman–Crippen LogP) is 1.49. The number of rotatable bonds is 5. The zero-order chi connectivity index (χ0) is 16.3. The van der Waals surface area contributed by atoms with Gasteiger partial charge in [-0.15, -0.1) is 0 Å². The van der Waals surface area contributed by atoms with Gasteiger partial charge >= 0.3 is 0 Å². The van der Waals surface area contributed by atoms with Gasteiger partial charge in [0, 0.05) is 38.4 Å². The van der Waals surface area contributed by atoms with E-state index >= 15 is 0 Å². The van der Waals surface area contributed by atoms with Gasteiger partial charge in [-0.1, -0.05) is 11.8 Å². The molecule has 2 rings (SSSR count). The molecule has 1 saturated heterocycles. The van der Waals surface area contributed by atoms with E-state index in [-0.39, 0.29) is 35.9 Å². The maximum atomic E-state index is 12.1. The van der Waals surface area contributed by atoms with E-state index in [1.165, 1.54) is 4.90 Å². The third-order valence-corrected chi connectivity index (χ3v) is 4.26. The summed E-state index contributed by atoms with van der Waals surface area (Å²) in [4.78, 5) is 38.1. The molecule has 3 amide bonds. The number of hydrogen-bond donors (Lipinski definition) is 1. The Morgan fingerprint density at radius 1 is 1.36 bits per heavy atom. The lowest BCUT2D eigenvalue weighted by molar-refractivity contribution is -0.124. The number of carbonyl (C=O) groups excluding carboxylic acids is 3. The van der Waals surface area contributed by atoms with E-state index in [1.54, 1.807) is 6.07 Å². The molecule has 0 spiro atoms. The average Bonchev–Trinajstić information content (AvgIpc) is 2.78. The Balaban J connectivity index is 1.91. The molecular weight excluding hydrogens is 302 g/mol. The molecule has 1 aromatic carbocycles. The summed E-state index contributed by atoms with van der Waals surface area (Å²) < 4.78 is 0. The number of amides is 3. The van der Waals surface area contributed by atoms with Gasteiger partial charge in [-0.25, -0.2) is 0 Å². The van der Waals surface area contributed by atoms with Gasteiger partial charge in [0.05, 0.1) is 5.75 Å². The van der Waals surface area contributed by atoms with Gasteiger partial charge in [0.1, 0.15) is 0 Å². The summed E-state index contributed by atoms with van der Waals surface area (Å²) in [7, 11) is 3.90. The first-order chi connectivity index (χ1) is 10.4. The molecule has 1 aliphatic heterocycles. The lowest BCUT2D eigenvalue weighted by Gasteiger charge is -2.17. The molecule has 7 heteroatoms. The first-order valence-corrected chi connectivity index (χ1v) is 7.92. The molecule has 0 saturated carbocycles. The SMILES string of the molecule is Cc1cc(C(=O)NCCN2C(=O)CSC2=O)ccc1N(C)C. The van der Waals surface area contributed by atoms with Crippen LogP contribution in [-0.2, 0) is 4.79 Å². The van der Waals surface area contributed by atoms with Gasteiger partial charge < -0.3 is 10.2 Å². The zero-order valence-corrected chi connectivity index (χ0v) is 13.7. The van der Waals surface area contributed by atoms with Crippen molar-refractivity contribution in [2.45, 2.75) is 6.92 Å². The quantitative estimate of drug-likeness (QED) is 0.890. The maximum Gasteiger partial charge on any atom is 0.288 e. The summed E-state index contributed by atoms with van der Waals surface area (Å²) in [5, 5.41) is 2.49. The van der Waals surface area contributed by atoms with Gasteiger partial charge in [-0.3, -0.25) is 19.3 Å². The molecule has 22 heavy (non-hydrogen) atoms. The number of anilines is 1. The van der Waals surface area contributed by atoms with Crippen LogP contribution in [0.1, 0.15) is 15.9 Å². The Bertz CT molecular complexity index is 600. The largest absolute Gasteiger partial charge is 0.377 e. The van der Waals surface area contributed by atoms with Gasteiger partial charge in [0.25, 0.3) is 11.1 Å². The predicted molar refractivity (Wildman–Crippen MR) is 87.4 cm³/mol. The highest BCUT2D eigenvalue weighted by atomic mass is 32.2. The van der Waals surface area contributed by atoms with Gasteiger partial charge in [0.15, 0.2) is 0 Å². The Hall–Kier alpha value is -2.02. The highest BCUT2D eigenvalue weighted by Gasteiger charge is 2.29. The number of nitrogens with zero attached hydrogens (tertiary/aromatic N) is 2. The second-order valence-electron chi connectivity index (χ2n) is 5.25. The van der Waals surface area contributed by atoms with Crippen molar-refractivity contribution in [2.75, 3.05) is 37.8 Å². The molecule has 1 aromatic rings. The normalized spacial score (nSPS) is 14.4. The zero-order valence-electron chi connectivity index (χ0n) is 12.9. The number of nitrogens with one attached hydrogen (secondary N) is 1. The third-order valence-electron chi connectivity index (χ3n) is 3.40. The minimum Gasteiger partial charge on any atom is -0.377 e. The van der Waals surface area contributed by atoms with Crippen LogP contribution < -0.4 is 10.2 Å². The molecule has 6 nitrogen and oxygen atoms in total. The number of carbonyl (C=O) groups is 3. The Morgan fingerprint density at radius 3 is 2.64 bits per heavy atom. The van der Waals surface area contributed by atoms with Crippen molar-refractivity contribution >= 4 is 34.5 Å². The van der Waals surface area contributed by atoms with Crippen LogP contribution in [0.2, 0.25) is 0 Å². The number of thioether (sulfide) groups is 1. The Kier molecular flexibility index (Phi) is 5.07. The summed E-state index contributed by atoms with van der Waals surface area (Å²) in [6.07, 6.45) is 0. The summed E-state index contributed by atoms with van der Waals surface area (Å²) >= 11 is 0.995. The van der Waals surface area contributed by atoms with Crippen LogP contribution in [0.3, 0.4) is 0 Å². The Morgan fingerprint density at radius 2 is 2.09 bits per heavy atom. The van der Waals surface area contributed by atoms with Crippen molar-refractivity contribution in [3.05, 3.63) is 29.3 Å². The topological polar surface area (TPSA) is 69.7 Å². The Labute approximate surface area is 133 Å². The van der Waals surface area contributed by atoms with Crippen molar-refractivity contribution in [3.63, 3.8) is 0 Å². The second kappa shape index (κ2) is 6.83. The summed E-state index contributed by atoms with van der Waals surface area (Å²) in [5.74, 6) is -0.214. The van der Waals surface area contributed by atoms with Crippen molar-refractivity contribution in [2.24, 2.45) is 0 Å². The van der Waals surface area contributed by atoms with Gasteiger partial charge in [-0.2, -0.15) is 0 Å². The van der Waals surface area contributed by atoms with Crippen LogP contribution in [0.15, 0.2) is 18.2 Å². The van der Waals surface area contributed by atoms with E-state index in [4.69, 9.17) is 0 Å². The summed E-state index contributed by atoms with van der Waals surface area (Å²) in [6.45, 7) is 2.42. The van der Waals surface area contributed by atoms with E-state index in [0.717, 1.165) is 23.0 Å². The van der Waals surface area contributed by atoms with Gasteiger partial charge in [0.2, 0.25) is 5.91 Å². The minimum atomic E-state index is -0.245. The molecule has 1 heterocycles. The van der Waals surface area contributed by atoms with E-state index < -0.39 is 0 Å². The van der Waals surface area contributed by atoms with Crippen molar-refractivity contribution < 1.29 is 14.4 Å². The van der Waals surface area contributed by atoms with Crippen LogP contribution in [0.25, 0.3) is 0 Å². The van der Waals surface area contributed by atoms with E-state index in [2.05, 4.69) is 5.32 Å². The number of imide groups is 1. The molecule has 0 atom stereocenters. The standard InChI is InChI=1S/C15H19N3O3S/c1-10-8-11(4-5-12(10)17(2)3)14(20)16-6-7-18-13(19)9-22-15(18)21/h4-5,8H,6-7,9H2,1-3H3,(H,16,20). The van der Waals surface area contributed by atoms with Crippen LogP contribution in [0.4, 0.5) is 10.5 Å². The van der Waals surface area contributed by atoms with Gasteiger partial charge in [-0.05, 0) is 30.7 Å². The molecule has 0 aromatic heterocycles. The summed E-state index contributed by atoms with van der Waals surface area (Å²) in [6, 6.07) is 5.49. The maximum absolute atomic E-state index is 12.1. The van der Waals surface area contributed by atoms with E-state index in [9.17, 15) is 14.4 Å². The molecule has 1 aliphatic rings. The van der Waals surface area contributed by atoms with E-state index in [0.29, 0.717) is 5.56 Å². The van der Waals surface area contributed by atoms with Crippen LogP contribution in [0, 0.1) is 6.92 Å². The number of benzene rings is 1. The first-order valence-electron chi connectivity index (χ1n) is 6.93. The lowest BCUT2D eigenvalue weighted by Crippen LogP contribution is -2.37. The average molecular weight is 321 g/mol. The molecule has 0 aliphatic carbocycles.